The van der Waals surface area contributed by atoms with Gasteiger partial charge in [-0.2, -0.15) is 0 Å². The summed E-state index contributed by atoms with van der Waals surface area (Å²) in [5, 5.41) is 45.6. The summed E-state index contributed by atoms with van der Waals surface area (Å²) in [5.41, 5.74) is -0.576. The Balaban J connectivity index is 2.15. The van der Waals surface area contributed by atoms with Gasteiger partial charge in [0.05, 0.1) is 10.6 Å². The average Bonchev–Trinajstić information content (AvgIpc) is 2.67. The van der Waals surface area contributed by atoms with E-state index >= 15 is 0 Å². The van der Waals surface area contributed by atoms with Gasteiger partial charge in [0, 0.05) is 31.4 Å². The first kappa shape index (κ1) is 21.2. The smallest absolute Gasteiger partial charge is 0.295 e. The number of carbonyl (C=O) groups excluding carboxylic acids is 2. The Morgan fingerprint density at radius 3 is 2.26 bits per heavy atom. The lowest BCUT2D eigenvalue weighted by atomic mass is 10.1. The quantitative estimate of drug-likeness (QED) is 0.268. The van der Waals surface area contributed by atoms with Crippen molar-refractivity contribution in [3.63, 3.8) is 0 Å². The van der Waals surface area contributed by atoms with Gasteiger partial charge in [-0.25, -0.2) is 0 Å². The molecule has 0 spiro atoms. The fourth-order valence-electron chi connectivity index (χ4n) is 2.93. The molecule has 0 heterocycles. The molecule has 0 aromatic heterocycles. The maximum atomic E-state index is 11.5. The van der Waals surface area contributed by atoms with Crippen molar-refractivity contribution in [2.24, 2.45) is 10.2 Å². The predicted molar refractivity (Wildman–Crippen MR) is 113 cm³/mol. The molecule has 0 saturated heterocycles. The Kier molecular flexibility index (Phi) is 5.77. The Labute approximate surface area is 175 Å². The molecule has 0 fully saturated rings. The molecule has 3 aromatic rings. The monoisotopic (exact) mass is 423 g/mol. The standard InChI is InChI=1S/C20H17N5O6/c1-10(26)21-13-5-3-4-12-6-7-17(28)20(19(12)13)24-23-15-8-16(25(30)31)14(9-18(15)29)22-11(2)27/h3-9,28-29H,1-2H3,(H,21,26)(H,22,27). The number of nitro benzene ring substituents is 1. The molecule has 4 N–H and O–H groups in total. The molecule has 11 heteroatoms. The van der Waals surface area contributed by atoms with E-state index in [0.717, 1.165) is 12.1 Å². The summed E-state index contributed by atoms with van der Waals surface area (Å²) < 4.78 is 0. The predicted octanol–water partition coefficient (Wildman–Crippen LogP) is 4.49. The molecule has 3 aromatic carbocycles. The van der Waals surface area contributed by atoms with Crippen LogP contribution in [0.5, 0.6) is 11.5 Å². The summed E-state index contributed by atoms with van der Waals surface area (Å²) in [6.07, 6.45) is 0. The van der Waals surface area contributed by atoms with Crippen LogP contribution in [0.1, 0.15) is 13.8 Å². The zero-order valence-electron chi connectivity index (χ0n) is 16.4. The summed E-state index contributed by atoms with van der Waals surface area (Å²) in [6, 6.07) is 10.0. The molecule has 2 amide bonds. The number of nitro groups is 1. The molecule has 0 bridgehead atoms. The third-order valence-electron chi connectivity index (χ3n) is 4.17. The van der Waals surface area contributed by atoms with Crippen LogP contribution in [0.4, 0.5) is 28.4 Å². The van der Waals surface area contributed by atoms with Crippen LogP contribution in [0, 0.1) is 10.1 Å². The first-order valence-corrected chi connectivity index (χ1v) is 8.90. The van der Waals surface area contributed by atoms with Crippen LogP contribution < -0.4 is 10.6 Å². The number of amides is 2. The van der Waals surface area contributed by atoms with Crippen molar-refractivity contribution in [1.82, 2.24) is 0 Å². The van der Waals surface area contributed by atoms with E-state index in [4.69, 9.17) is 0 Å². The third kappa shape index (κ3) is 4.56. The summed E-state index contributed by atoms with van der Waals surface area (Å²) in [4.78, 5) is 33.4. The van der Waals surface area contributed by atoms with Crippen LogP contribution in [0.3, 0.4) is 0 Å². The number of benzene rings is 3. The topological polar surface area (TPSA) is 167 Å². The van der Waals surface area contributed by atoms with Crippen molar-refractivity contribution < 1.29 is 24.7 Å². The molecule has 11 nitrogen and oxygen atoms in total. The van der Waals surface area contributed by atoms with Gasteiger partial charge in [0.1, 0.15) is 28.6 Å². The molecular formula is C20H17N5O6. The van der Waals surface area contributed by atoms with Crippen molar-refractivity contribution in [2.45, 2.75) is 13.8 Å². The summed E-state index contributed by atoms with van der Waals surface area (Å²) in [5.74, 6) is -1.61. The van der Waals surface area contributed by atoms with Crippen LogP contribution in [0.2, 0.25) is 0 Å². The van der Waals surface area contributed by atoms with E-state index in [1.807, 2.05) is 0 Å². The lowest BCUT2D eigenvalue weighted by molar-refractivity contribution is -0.383. The zero-order valence-corrected chi connectivity index (χ0v) is 16.4. The molecule has 0 aliphatic carbocycles. The minimum Gasteiger partial charge on any atom is -0.506 e. The first-order valence-electron chi connectivity index (χ1n) is 8.90. The van der Waals surface area contributed by atoms with Gasteiger partial charge in [0.25, 0.3) is 5.69 Å². The molecule has 0 aliphatic heterocycles. The number of aromatic hydroxyl groups is 2. The molecule has 0 aliphatic rings. The number of anilines is 2. The summed E-state index contributed by atoms with van der Waals surface area (Å²) in [7, 11) is 0. The van der Waals surface area contributed by atoms with Crippen LogP contribution in [-0.4, -0.2) is 27.0 Å². The fourth-order valence-corrected chi connectivity index (χ4v) is 2.93. The first-order chi connectivity index (χ1) is 14.7. The van der Waals surface area contributed by atoms with Crippen molar-refractivity contribution in [3.8, 4) is 11.5 Å². The normalized spacial score (nSPS) is 10.9. The maximum Gasteiger partial charge on any atom is 0.295 e. The lowest BCUT2D eigenvalue weighted by Crippen LogP contribution is -2.07. The van der Waals surface area contributed by atoms with Crippen molar-refractivity contribution in [2.75, 3.05) is 10.6 Å². The van der Waals surface area contributed by atoms with Crippen LogP contribution in [0.15, 0.2) is 52.7 Å². The van der Waals surface area contributed by atoms with E-state index in [9.17, 15) is 29.9 Å². The van der Waals surface area contributed by atoms with E-state index in [0.29, 0.717) is 16.5 Å². The van der Waals surface area contributed by atoms with Crippen LogP contribution in [0.25, 0.3) is 10.8 Å². The van der Waals surface area contributed by atoms with Gasteiger partial charge < -0.3 is 20.8 Å². The van der Waals surface area contributed by atoms with Gasteiger partial charge in [-0.15, -0.1) is 10.2 Å². The highest BCUT2D eigenvalue weighted by Gasteiger charge is 2.19. The van der Waals surface area contributed by atoms with Gasteiger partial charge in [0.2, 0.25) is 11.8 Å². The van der Waals surface area contributed by atoms with E-state index in [1.54, 1.807) is 24.3 Å². The van der Waals surface area contributed by atoms with E-state index in [1.165, 1.54) is 19.9 Å². The second-order valence-corrected chi connectivity index (χ2v) is 6.51. The number of nitrogens with one attached hydrogen (secondary N) is 2. The van der Waals surface area contributed by atoms with Crippen molar-refractivity contribution in [3.05, 3.63) is 52.6 Å². The number of phenols is 2. The number of nitrogens with zero attached hydrogens (tertiary/aromatic N) is 3. The van der Waals surface area contributed by atoms with Crippen LogP contribution >= 0.6 is 0 Å². The van der Waals surface area contributed by atoms with Gasteiger partial charge in [-0.05, 0) is 17.5 Å². The summed E-state index contributed by atoms with van der Waals surface area (Å²) in [6.45, 7) is 2.50. The molecule has 0 atom stereocenters. The van der Waals surface area contributed by atoms with E-state index in [2.05, 4.69) is 20.9 Å². The Morgan fingerprint density at radius 1 is 0.935 bits per heavy atom. The van der Waals surface area contributed by atoms with Gasteiger partial charge in [-0.1, -0.05) is 18.2 Å². The highest BCUT2D eigenvalue weighted by Crippen LogP contribution is 2.42. The number of rotatable bonds is 5. The minimum absolute atomic E-state index is 0.00478. The third-order valence-corrected chi connectivity index (χ3v) is 4.17. The molecule has 0 unspecified atom stereocenters. The van der Waals surface area contributed by atoms with E-state index in [-0.39, 0.29) is 28.7 Å². The van der Waals surface area contributed by atoms with Gasteiger partial charge >= 0.3 is 0 Å². The highest BCUT2D eigenvalue weighted by molar-refractivity contribution is 6.08. The number of phenolic OH excluding ortho intramolecular Hbond substituents is 2. The zero-order chi connectivity index (χ0) is 22.7. The van der Waals surface area contributed by atoms with Crippen molar-refractivity contribution >= 4 is 51.0 Å². The Bertz CT molecular complexity index is 1250. The second kappa shape index (κ2) is 8.45. The number of hydrogen-bond donors (Lipinski definition) is 4. The van der Waals surface area contributed by atoms with Gasteiger partial charge in [-0.3, -0.25) is 19.7 Å². The van der Waals surface area contributed by atoms with Crippen LogP contribution in [-0.2, 0) is 9.59 Å². The molecule has 31 heavy (non-hydrogen) atoms. The molecule has 3 rings (SSSR count). The number of carbonyl (C=O) groups is 2. The largest absolute Gasteiger partial charge is 0.506 e. The Morgan fingerprint density at radius 2 is 1.61 bits per heavy atom. The molecule has 158 valence electrons. The average molecular weight is 423 g/mol. The fraction of sp³-hybridized carbons (Fsp3) is 0.100. The van der Waals surface area contributed by atoms with E-state index < -0.39 is 22.3 Å². The number of azo groups is 1. The summed E-state index contributed by atoms with van der Waals surface area (Å²) >= 11 is 0. The molecule has 0 saturated carbocycles. The Hall–Kier alpha value is -4.54. The molecular weight excluding hydrogens is 406 g/mol. The highest BCUT2D eigenvalue weighted by atomic mass is 16.6. The number of hydrogen-bond acceptors (Lipinski definition) is 8. The SMILES string of the molecule is CC(=O)Nc1cc(O)c(N=Nc2c(O)ccc3cccc(NC(C)=O)c23)cc1[N+](=O)[O-]. The lowest BCUT2D eigenvalue weighted by Gasteiger charge is -2.10. The van der Waals surface area contributed by atoms with Crippen molar-refractivity contribution in [1.29, 1.82) is 0 Å². The maximum absolute atomic E-state index is 11.5. The molecule has 0 radical (unpaired) electrons. The second-order valence-electron chi connectivity index (χ2n) is 6.51. The minimum atomic E-state index is -0.742. The van der Waals surface area contributed by atoms with Gasteiger partial charge in [0.15, 0.2) is 0 Å². The number of fused-ring (bicyclic) bond motifs is 1.